The first-order chi connectivity index (χ1) is 8.18. The van der Waals surface area contributed by atoms with E-state index in [1.54, 1.807) is 0 Å². The van der Waals surface area contributed by atoms with Gasteiger partial charge in [-0.05, 0) is 24.6 Å². The molecule has 1 saturated heterocycles. The number of carbonyl (C=O) groups is 1. The molecule has 1 amide bonds. The van der Waals surface area contributed by atoms with Gasteiger partial charge in [0.2, 0.25) is 5.91 Å². The van der Waals surface area contributed by atoms with Gasteiger partial charge >= 0.3 is 0 Å². The number of rotatable bonds is 3. The number of hydrogen-bond acceptors (Lipinski definition) is 2. The normalized spacial score (nSPS) is 19.3. The van der Waals surface area contributed by atoms with Crippen LogP contribution in [0.25, 0.3) is 0 Å². The zero-order chi connectivity index (χ0) is 12.3. The molecule has 1 atom stereocenters. The number of amides is 1. The summed E-state index contributed by atoms with van der Waals surface area (Å²) in [6, 6.07) is 8.24. The van der Waals surface area contributed by atoms with Crippen LogP contribution in [0.15, 0.2) is 28.7 Å². The number of hydrogen-bond donors (Lipinski definition) is 1. The van der Waals surface area contributed by atoms with Crippen LogP contribution in [0.3, 0.4) is 0 Å². The Bertz CT molecular complexity index is 402. The zero-order valence-electron chi connectivity index (χ0n) is 9.95. The summed E-state index contributed by atoms with van der Waals surface area (Å²) >= 11 is 3.47. The lowest BCUT2D eigenvalue weighted by Gasteiger charge is -2.24. The second kappa shape index (κ2) is 5.65. The van der Waals surface area contributed by atoms with Crippen molar-refractivity contribution in [2.45, 2.75) is 18.9 Å². The van der Waals surface area contributed by atoms with Gasteiger partial charge < -0.3 is 10.2 Å². The number of nitrogens with zero attached hydrogens (tertiary/aromatic N) is 1. The summed E-state index contributed by atoms with van der Waals surface area (Å²) in [5, 5.41) is 3.28. The summed E-state index contributed by atoms with van der Waals surface area (Å²) in [6.45, 7) is 1.93. The van der Waals surface area contributed by atoms with Crippen molar-refractivity contribution in [3.63, 3.8) is 0 Å². The van der Waals surface area contributed by atoms with Gasteiger partial charge in [-0.1, -0.05) is 34.1 Å². The van der Waals surface area contributed by atoms with Gasteiger partial charge in [0, 0.05) is 24.1 Å². The second-order valence-electron chi connectivity index (χ2n) is 4.42. The molecule has 1 aromatic carbocycles. The Hall–Kier alpha value is -0.870. The molecule has 4 heteroatoms. The lowest BCUT2D eigenvalue weighted by atomic mass is 10.1. The first-order valence-corrected chi connectivity index (χ1v) is 6.67. The van der Waals surface area contributed by atoms with E-state index in [1.807, 2.05) is 36.2 Å². The van der Waals surface area contributed by atoms with E-state index in [9.17, 15) is 4.79 Å². The predicted octanol–water partition coefficient (Wildman–Crippen LogP) is 1.81. The number of nitrogens with one attached hydrogen (secondary N) is 1. The lowest BCUT2D eigenvalue weighted by Crippen LogP contribution is -2.39. The topological polar surface area (TPSA) is 32.3 Å². The quantitative estimate of drug-likeness (QED) is 0.923. The fraction of sp³-hybridized carbons (Fsp3) is 0.462. The Morgan fingerprint density at radius 2 is 2.29 bits per heavy atom. The van der Waals surface area contributed by atoms with Crippen molar-refractivity contribution < 1.29 is 4.79 Å². The molecule has 1 aliphatic heterocycles. The molecule has 92 valence electrons. The Morgan fingerprint density at radius 3 is 2.94 bits per heavy atom. The van der Waals surface area contributed by atoms with E-state index in [4.69, 9.17) is 0 Å². The van der Waals surface area contributed by atoms with E-state index in [0.29, 0.717) is 12.5 Å². The number of carbonyl (C=O) groups excluding carboxylic acids is 1. The van der Waals surface area contributed by atoms with Gasteiger partial charge in [-0.15, -0.1) is 0 Å². The smallest absolute Gasteiger partial charge is 0.227 e. The van der Waals surface area contributed by atoms with E-state index in [0.717, 1.165) is 29.5 Å². The zero-order valence-corrected chi connectivity index (χ0v) is 11.5. The summed E-state index contributed by atoms with van der Waals surface area (Å²) in [4.78, 5) is 14.0. The molecule has 0 spiro atoms. The monoisotopic (exact) mass is 296 g/mol. The second-order valence-corrected chi connectivity index (χ2v) is 5.27. The highest BCUT2D eigenvalue weighted by Crippen LogP contribution is 2.17. The largest absolute Gasteiger partial charge is 0.341 e. The maximum Gasteiger partial charge on any atom is 0.227 e. The van der Waals surface area contributed by atoms with Gasteiger partial charge in [0.25, 0.3) is 0 Å². The Balaban J connectivity index is 1.99. The summed E-state index contributed by atoms with van der Waals surface area (Å²) < 4.78 is 1.01. The number of likely N-dealkylation sites (N-methyl/N-ethyl adjacent to an activating group) is 1. The van der Waals surface area contributed by atoms with Gasteiger partial charge in [-0.2, -0.15) is 0 Å². The van der Waals surface area contributed by atoms with Gasteiger partial charge in [0.1, 0.15) is 0 Å². The summed E-state index contributed by atoms with van der Waals surface area (Å²) in [5.74, 6) is 0.186. The van der Waals surface area contributed by atoms with Crippen molar-refractivity contribution in [3.05, 3.63) is 34.3 Å². The van der Waals surface area contributed by atoms with Crippen LogP contribution in [-0.4, -0.2) is 37.0 Å². The van der Waals surface area contributed by atoms with Crippen molar-refractivity contribution in [1.29, 1.82) is 0 Å². The third-order valence-electron chi connectivity index (χ3n) is 3.27. The van der Waals surface area contributed by atoms with E-state index >= 15 is 0 Å². The number of halogens is 1. The third-order valence-corrected chi connectivity index (χ3v) is 4.05. The summed E-state index contributed by atoms with van der Waals surface area (Å²) in [6.07, 6.45) is 1.52. The molecule has 0 bridgehead atoms. The first kappa shape index (κ1) is 12.6. The van der Waals surface area contributed by atoms with Crippen LogP contribution in [0.4, 0.5) is 0 Å². The molecule has 1 N–H and O–H groups in total. The first-order valence-electron chi connectivity index (χ1n) is 5.88. The van der Waals surface area contributed by atoms with E-state index in [-0.39, 0.29) is 5.91 Å². The van der Waals surface area contributed by atoms with Gasteiger partial charge in [-0.25, -0.2) is 0 Å². The predicted molar refractivity (Wildman–Crippen MR) is 71.9 cm³/mol. The van der Waals surface area contributed by atoms with E-state index in [2.05, 4.69) is 21.2 Å². The fourth-order valence-corrected chi connectivity index (χ4v) is 2.53. The molecule has 17 heavy (non-hydrogen) atoms. The molecule has 1 heterocycles. The molecule has 1 aliphatic rings. The maximum absolute atomic E-state index is 12.1. The van der Waals surface area contributed by atoms with Crippen molar-refractivity contribution in [1.82, 2.24) is 10.2 Å². The maximum atomic E-state index is 12.1. The van der Waals surface area contributed by atoms with Crippen molar-refractivity contribution in [2.75, 3.05) is 20.1 Å². The highest BCUT2D eigenvalue weighted by atomic mass is 79.9. The fourth-order valence-electron chi connectivity index (χ4n) is 2.10. The molecule has 0 unspecified atom stereocenters. The number of benzene rings is 1. The Labute approximate surface area is 110 Å². The van der Waals surface area contributed by atoms with Crippen LogP contribution >= 0.6 is 15.9 Å². The van der Waals surface area contributed by atoms with Crippen LogP contribution < -0.4 is 5.32 Å². The molecule has 2 rings (SSSR count). The minimum Gasteiger partial charge on any atom is -0.341 e. The Kier molecular flexibility index (Phi) is 4.18. The van der Waals surface area contributed by atoms with Gasteiger partial charge in [-0.3, -0.25) is 4.79 Å². The minimum atomic E-state index is 0.186. The minimum absolute atomic E-state index is 0.186. The third kappa shape index (κ3) is 3.07. The summed E-state index contributed by atoms with van der Waals surface area (Å²) in [5.41, 5.74) is 1.05. The molecular weight excluding hydrogens is 280 g/mol. The average Bonchev–Trinajstić information content (AvgIpc) is 2.84. The highest BCUT2D eigenvalue weighted by molar-refractivity contribution is 9.10. The molecule has 3 nitrogen and oxygen atoms in total. The molecule has 1 aromatic rings. The van der Waals surface area contributed by atoms with Gasteiger partial charge in [0.05, 0.1) is 6.42 Å². The molecule has 0 radical (unpaired) electrons. The molecule has 1 fully saturated rings. The highest BCUT2D eigenvalue weighted by Gasteiger charge is 2.23. The average molecular weight is 297 g/mol. The van der Waals surface area contributed by atoms with Crippen LogP contribution in [0.2, 0.25) is 0 Å². The molecular formula is C13H17BrN2O. The van der Waals surface area contributed by atoms with Crippen molar-refractivity contribution >= 4 is 21.8 Å². The lowest BCUT2D eigenvalue weighted by molar-refractivity contribution is -0.130. The van der Waals surface area contributed by atoms with Crippen LogP contribution in [0.5, 0.6) is 0 Å². The SMILES string of the molecule is CN(C(=O)Cc1ccccc1Br)[C@@H]1CCNC1. The van der Waals surface area contributed by atoms with E-state index < -0.39 is 0 Å². The van der Waals surface area contributed by atoms with Crippen LogP contribution in [0.1, 0.15) is 12.0 Å². The van der Waals surface area contributed by atoms with Crippen molar-refractivity contribution in [2.24, 2.45) is 0 Å². The van der Waals surface area contributed by atoms with Gasteiger partial charge in [0.15, 0.2) is 0 Å². The van der Waals surface area contributed by atoms with E-state index in [1.165, 1.54) is 0 Å². The molecule has 0 saturated carbocycles. The van der Waals surface area contributed by atoms with Crippen LogP contribution in [0, 0.1) is 0 Å². The standard InChI is InChI=1S/C13H17BrN2O/c1-16(11-6-7-15-9-11)13(17)8-10-4-2-3-5-12(10)14/h2-5,11,15H,6-9H2,1H3/t11-/m1/s1. The van der Waals surface area contributed by atoms with Crippen molar-refractivity contribution in [3.8, 4) is 0 Å². The molecule has 0 aliphatic carbocycles. The Morgan fingerprint density at radius 1 is 1.53 bits per heavy atom. The summed E-state index contributed by atoms with van der Waals surface area (Å²) in [7, 11) is 1.90. The molecule has 0 aromatic heterocycles. The van der Waals surface area contributed by atoms with Crippen LogP contribution in [-0.2, 0) is 11.2 Å².